The van der Waals surface area contributed by atoms with E-state index in [4.69, 9.17) is 0 Å². The van der Waals surface area contributed by atoms with Crippen molar-refractivity contribution in [3.63, 3.8) is 0 Å². The monoisotopic (exact) mass is 257 g/mol. The van der Waals surface area contributed by atoms with Crippen molar-refractivity contribution in [1.29, 1.82) is 0 Å². The molecule has 1 aromatic heterocycles. The van der Waals surface area contributed by atoms with Crippen molar-refractivity contribution in [3.05, 3.63) is 47.8 Å². The highest BCUT2D eigenvalue weighted by Gasteiger charge is 2.27. The first-order chi connectivity index (χ1) is 8.95. The van der Waals surface area contributed by atoms with Crippen LogP contribution in [0.25, 0.3) is 11.1 Å². The molecule has 0 aliphatic carbocycles. The van der Waals surface area contributed by atoms with Crippen molar-refractivity contribution >= 4 is 6.29 Å². The lowest BCUT2D eigenvalue weighted by atomic mass is 9.97. The number of hydrogen-bond acceptors (Lipinski definition) is 1. The number of rotatable bonds is 4. The van der Waals surface area contributed by atoms with E-state index < -0.39 is 0 Å². The van der Waals surface area contributed by atoms with Gasteiger partial charge in [0.05, 0.1) is 26.8 Å². The minimum absolute atomic E-state index is 0.238. The van der Waals surface area contributed by atoms with Crippen LogP contribution < -0.4 is 0 Å². The maximum absolute atomic E-state index is 11.3. The number of aromatic nitrogens is 1. The van der Waals surface area contributed by atoms with Crippen LogP contribution in [0.5, 0.6) is 0 Å². The Balaban J connectivity index is 2.58. The Bertz CT molecular complexity index is 564. The SMILES string of the molecule is CC(c1c(-c2ccccc2)c[nH]c1C=O)[N+](C)(C)C. The van der Waals surface area contributed by atoms with Crippen molar-refractivity contribution < 1.29 is 9.28 Å². The topological polar surface area (TPSA) is 32.9 Å². The normalized spacial score (nSPS) is 13.3. The third-order valence-corrected chi connectivity index (χ3v) is 3.73. The largest absolute Gasteiger partial charge is 0.358 e. The summed E-state index contributed by atoms with van der Waals surface area (Å²) in [6, 6.07) is 10.4. The van der Waals surface area contributed by atoms with Gasteiger partial charge in [0.2, 0.25) is 0 Å². The van der Waals surface area contributed by atoms with Gasteiger partial charge in [-0.25, -0.2) is 0 Å². The Labute approximate surface area is 114 Å². The Kier molecular flexibility index (Phi) is 3.58. The molecule has 100 valence electrons. The minimum Gasteiger partial charge on any atom is -0.358 e. The fraction of sp³-hybridized carbons (Fsp3) is 0.312. The number of quaternary nitrogens is 1. The van der Waals surface area contributed by atoms with E-state index in [-0.39, 0.29) is 6.04 Å². The van der Waals surface area contributed by atoms with Crippen LogP contribution in [-0.2, 0) is 0 Å². The number of carbonyl (C=O) groups excluding carboxylic acids is 1. The van der Waals surface area contributed by atoms with Crippen molar-refractivity contribution in [2.75, 3.05) is 21.1 Å². The third-order valence-electron chi connectivity index (χ3n) is 3.73. The summed E-state index contributed by atoms with van der Waals surface area (Å²) < 4.78 is 0.776. The van der Waals surface area contributed by atoms with Gasteiger partial charge in [-0.2, -0.15) is 0 Å². The van der Waals surface area contributed by atoms with Crippen molar-refractivity contribution in [1.82, 2.24) is 4.98 Å². The predicted molar refractivity (Wildman–Crippen MR) is 78.1 cm³/mol. The molecule has 1 N–H and O–H groups in total. The first kappa shape index (κ1) is 13.6. The molecule has 0 aliphatic heterocycles. The Morgan fingerprint density at radius 3 is 2.32 bits per heavy atom. The number of aldehydes is 1. The molecule has 0 saturated heterocycles. The van der Waals surface area contributed by atoms with Crippen LogP contribution in [0.3, 0.4) is 0 Å². The number of benzene rings is 1. The lowest BCUT2D eigenvalue weighted by Gasteiger charge is -2.32. The fourth-order valence-electron chi connectivity index (χ4n) is 2.24. The van der Waals surface area contributed by atoms with Crippen LogP contribution in [0.4, 0.5) is 0 Å². The number of H-pyrrole nitrogens is 1. The smallest absolute Gasteiger partial charge is 0.166 e. The molecule has 2 aromatic rings. The average molecular weight is 257 g/mol. The highest BCUT2D eigenvalue weighted by molar-refractivity contribution is 5.82. The molecule has 0 bridgehead atoms. The summed E-state index contributed by atoms with van der Waals surface area (Å²) >= 11 is 0. The lowest BCUT2D eigenvalue weighted by Crippen LogP contribution is -2.37. The summed E-state index contributed by atoms with van der Waals surface area (Å²) in [7, 11) is 6.42. The number of hydrogen-bond donors (Lipinski definition) is 1. The van der Waals surface area contributed by atoms with E-state index in [0.717, 1.165) is 27.5 Å². The molecule has 0 spiro atoms. The molecular formula is C16H21N2O+. The van der Waals surface area contributed by atoms with Gasteiger partial charge in [-0.1, -0.05) is 30.3 Å². The van der Waals surface area contributed by atoms with Crippen LogP contribution >= 0.6 is 0 Å². The maximum atomic E-state index is 11.3. The van der Waals surface area contributed by atoms with Crippen LogP contribution in [0.1, 0.15) is 29.0 Å². The van der Waals surface area contributed by atoms with Crippen LogP contribution in [-0.4, -0.2) is 36.9 Å². The Morgan fingerprint density at radius 2 is 1.79 bits per heavy atom. The van der Waals surface area contributed by atoms with Crippen LogP contribution in [0.2, 0.25) is 0 Å². The second-order valence-corrected chi connectivity index (χ2v) is 5.81. The van der Waals surface area contributed by atoms with Gasteiger partial charge in [0, 0.05) is 17.3 Å². The molecule has 1 unspecified atom stereocenters. The summed E-state index contributed by atoms with van der Waals surface area (Å²) in [5.41, 5.74) is 4.03. The Hall–Kier alpha value is -1.87. The molecule has 3 heteroatoms. The number of carbonyl (C=O) groups is 1. The van der Waals surface area contributed by atoms with Gasteiger partial charge in [-0.05, 0) is 12.5 Å². The summed E-state index contributed by atoms with van der Waals surface area (Å²) in [5.74, 6) is 0. The van der Waals surface area contributed by atoms with E-state index in [1.807, 2.05) is 24.4 Å². The molecule has 1 atom stereocenters. The van der Waals surface area contributed by atoms with Crippen molar-refractivity contribution in [2.45, 2.75) is 13.0 Å². The molecule has 0 radical (unpaired) electrons. The predicted octanol–water partition coefficient (Wildman–Crippen LogP) is 3.26. The molecule has 0 amide bonds. The third kappa shape index (κ3) is 2.61. The second-order valence-electron chi connectivity index (χ2n) is 5.81. The summed E-state index contributed by atoms with van der Waals surface area (Å²) in [6.07, 6.45) is 2.84. The highest BCUT2D eigenvalue weighted by Crippen LogP contribution is 2.34. The lowest BCUT2D eigenvalue weighted by molar-refractivity contribution is -0.900. The molecule has 2 rings (SSSR count). The first-order valence-corrected chi connectivity index (χ1v) is 6.48. The molecule has 0 saturated carbocycles. The van der Waals surface area contributed by atoms with Crippen molar-refractivity contribution in [2.24, 2.45) is 0 Å². The highest BCUT2D eigenvalue weighted by atomic mass is 16.1. The minimum atomic E-state index is 0.238. The van der Waals surface area contributed by atoms with Gasteiger partial charge in [0.15, 0.2) is 6.29 Å². The van der Waals surface area contributed by atoms with Crippen molar-refractivity contribution in [3.8, 4) is 11.1 Å². The van der Waals surface area contributed by atoms with Crippen LogP contribution in [0, 0.1) is 0 Å². The van der Waals surface area contributed by atoms with E-state index in [9.17, 15) is 4.79 Å². The zero-order valence-corrected chi connectivity index (χ0v) is 12.0. The molecule has 1 aromatic carbocycles. The molecular weight excluding hydrogens is 236 g/mol. The van der Waals surface area contributed by atoms with Gasteiger partial charge >= 0.3 is 0 Å². The van der Waals surface area contributed by atoms with E-state index in [2.05, 4.69) is 45.2 Å². The maximum Gasteiger partial charge on any atom is 0.166 e. The fourth-order valence-corrected chi connectivity index (χ4v) is 2.24. The quantitative estimate of drug-likeness (QED) is 0.662. The number of nitrogens with one attached hydrogen (secondary N) is 1. The number of nitrogens with zero attached hydrogens (tertiary/aromatic N) is 1. The molecule has 19 heavy (non-hydrogen) atoms. The summed E-state index contributed by atoms with van der Waals surface area (Å²) in [6.45, 7) is 2.16. The van der Waals surface area contributed by atoms with E-state index >= 15 is 0 Å². The first-order valence-electron chi connectivity index (χ1n) is 6.48. The second kappa shape index (κ2) is 5.02. The van der Waals surface area contributed by atoms with Gasteiger partial charge in [-0.15, -0.1) is 0 Å². The molecule has 0 aliphatic rings. The molecule has 3 nitrogen and oxygen atoms in total. The van der Waals surface area contributed by atoms with E-state index in [0.29, 0.717) is 5.69 Å². The van der Waals surface area contributed by atoms with Crippen LogP contribution in [0.15, 0.2) is 36.5 Å². The Morgan fingerprint density at radius 1 is 1.16 bits per heavy atom. The average Bonchev–Trinajstić information content (AvgIpc) is 2.81. The summed E-state index contributed by atoms with van der Waals surface area (Å²) in [4.78, 5) is 14.4. The standard InChI is InChI=1S/C16H20N2O/c1-12(18(2,3)4)16-14(10-17-15(16)11-19)13-8-6-5-7-9-13/h5-12H,1-4H3/p+1. The van der Waals surface area contributed by atoms with Gasteiger partial charge in [0.1, 0.15) is 6.04 Å². The van der Waals surface area contributed by atoms with Gasteiger partial charge in [0.25, 0.3) is 0 Å². The molecule has 1 heterocycles. The van der Waals surface area contributed by atoms with Gasteiger partial charge < -0.3 is 9.47 Å². The van der Waals surface area contributed by atoms with E-state index in [1.54, 1.807) is 0 Å². The number of aromatic amines is 1. The van der Waals surface area contributed by atoms with Gasteiger partial charge in [-0.3, -0.25) is 4.79 Å². The zero-order valence-electron chi connectivity index (χ0n) is 12.0. The zero-order chi connectivity index (χ0) is 14.0. The summed E-state index contributed by atoms with van der Waals surface area (Å²) in [5, 5.41) is 0. The van der Waals surface area contributed by atoms with E-state index in [1.165, 1.54) is 0 Å². The molecule has 0 fully saturated rings.